The Bertz CT molecular complexity index is 462. The van der Waals surface area contributed by atoms with Gasteiger partial charge in [-0.1, -0.05) is 24.3 Å². The van der Waals surface area contributed by atoms with Gasteiger partial charge in [-0.15, -0.1) is 0 Å². The van der Waals surface area contributed by atoms with Crippen LogP contribution in [0.3, 0.4) is 0 Å². The van der Waals surface area contributed by atoms with Crippen LogP contribution in [0.25, 0.3) is 0 Å². The SMILES string of the molecule is Cc1ccccc1Cc1nc(CCN)n[nH]1. The van der Waals surface area contributed by atoms with E-state index in [2.05, 4.69) is 34.2 Å². The summed E-state index contributed by atoms with van der Waals surface area (Å²) < 4.78 is 0. The zero-order chi connectivity index (χ0) is 11.4. The second-order valence-electron chi connectivity index (χ2n) is 3.84. The highest BCUT2D eigenvalue weighted by molar-refractivity contribution is 5.28. The number of nitrogens with zero attached hydrogens (tertiary/aromatic N) is 2. The molecule has 2 aromatic rings. The highest BCUT2D eigenvalue weighted by atomic mass is 15.2. The maximum Gasteiger partial charge on any atom is 0.151 e. The molecule has 84 valence electrons. The highest BCUT2D eigenvalue weighted by Gasteiger charge is 2.04. The lowest BCUT2D eigenvalue weighted by atomic mass is 10.1. The van der Waals surface area contributed by atoms with Crippen molar-refractivity contribution in [2.45, 2.75) is 19.8 Å². The van der Waals surface area contributed by atoms with Crippen molar-refractivity contribution in [1.29, 1.82) is 0 Å². The van der Waals surface area contributed by atoms with E-state index in [0.29, 0.717) is 6.54 Å². The number of rotatable bonds is 4. The van der Waals surface area contributed by atoms with Crippen molar-refractivity contribution in [3.05, 3.63) is 47.0 Å². The van der Waals surface area contributed by atoms with E-state index in [4.69, 9.17) is 5.73 Å². The van der Waals surface area contributed by atoms with Gasteiger partial charge in [0.25, 0.3) is 0 Å². The molecule has 3 N–H and O–H groups in total. The van der Waals surface area contributed by atoms with Gasteiger partial charge in [0, 0.05) is 12.8 Å². The van der Waals surface area contributed by atoms with Crippen LogP contribution in [0, 0.1) is 6.92 Å². The Morgan fingerprint density at radius 1 is 1.31 bits per heavy atom. The Balaban J connectivity index is 2.11. The Kier molecular flexibility index (Phi) is 3.31. The molecule has 0 saturated heterocycles. The van der Waals surface area contributed by atoms with Crippen molar-refractivity contribution < 1.29 is 0 Å². The lowest BCUT2D eigenvalue weighted by molar-refractivity contribution is 0.874. The number of hydrogen-bond acceptors (Lipinski definition) is 3. The van der Waals surface area contributed by atoms with Gasteiger partial charge in [0.05, 0.1) is 0 Å². The first-order valence-electron chi connectivity index (χ1n) is 5.44. The molecule has 0 fully saturated rings. The van der Waals surface area contributed by atoms with Crippen LogP contribution in [-0.2, 0) is 12.8 Å². The molecule has 0 bridgehead atoms. The molecule has 0 atom stereocenters. The summed E-state index contributed by atoms with van der Waals surface area (Å²) >= 11 is 0. The smallest absolute Gasteiger partial charge is 0.151 e. The van der Waals surface area contributed by atoms with Gasteiger partial charge in [0.1, 0.15) is 5.82 Å². The second-order valence-corrected chi connectivity index (χ2v) is 3.84. The number of benzene rings is 1. The molecule has 1 aromatic carbocycles. The monoisotopic (exact) mass is 216 g/mol. The number of nitrogens with two attached hydrogens (primary N) is 1. The Morgan fingerprint density at radius 2 is 2.12 bits per heavy atom. The Morgan fingerprint density at radius 3 is 2.88 bits per heavy atom. The van der Waals surface area contributed by atoms with E-state index >= 15 is 0 Å². The first-order valence-corrected chi connectivity index (χ1v) is 5.44. The van der Waals surface area contributed by atoms with Gasteiger partial charge in [-0.2, -0.15) is 5.10 Å². The van der Waals surface area contributed by atoms with E-state index in [-0.39, 0.29) is 0 Å². The number of hydrogen-bond donors (Lipinski definition) is 2. The normalized spacial score (nSPS) is 10.6. The lowest BCUT2D eigenvalue weighted by Crippen LogP contribution is -2.04. The molecule has 4 nitrogen and oxygen atoms in total. The molecule has 1 aromatic heterocycles. The fourth-order valence-electron chi connectivity index (χ4n) is 1.64. The van der Waals surface area contributed by atoms with Gasteiger partial charge in [0.2, 0.25) is 0 Å². The minimum Gasteiger partial charge on any atom is -0.330 e. The number of H-pyrrole nitrogens is 1. The van der Waals surface area contributed by atoms with Crippen molar-refractivity contribution in [2.75, 3.05) is 6.54 Å². The average molecular weight is 216 g/mol. The van der Waals surface area contributed by atoms with Gasteiger partial charge in [-0.05, 0) is 24.6 Å². The number of aryl methyl sites for hydroxylation is 1. The zero-order valence-corrected chi connectivity index (χ0v) is 9.40. The summed E-state index contributed by atoms with van der Waals surface area (Å²) in [6.07, 6.45) is 1.52. The maximum atomic E-state index is 5.45. The molecule has 1 heterocycles. The van der Waals surface area contributed by atoms with Gasteiger partial charge in [0.15, 0.2) is 5.82 Å². The summed E-state index contributed by atoms with van der Waals surface area (Å²) in [6.45, 7) is 2.69. The van der Waals surface area contributed by atoms with E-state index in [1.807, 2.05) is 12.1 Å². The number of nitrogens with one attached hydrogen (secondary N) is 1. The predicted molar refractivity (Wildman–Crippen MR) is 63.1 cm³/mol. The molecule has 0 saturated carbocycles. The van der Waals surface area contributed by atoms with E-state index in [1.54, 1.807) is 0 Å². The topological polar surface area (TPSA) is 67.6 Å². The van der Waals surface area contributed by atoms with Gasteiger partial charge in [-0.3, -0.25) is 5.10 Å². The average Bonchev–Trinajstić information content (AvgIpc) is 2.70. The summed E-state index contributed by atoms with van der Waals surface area (Å²) in [6, 6.07) is 8.30. The molecule has 2 rings (SSSR count). The maximum absolute atomic E-state index is 5.45. The van der Waals surface area contributed by atoms with Crippen LogP contribution >= 0.6 is 0 Å². The van der Waals surface area contributed by atoms with Crippen molar-refractivity contribution in [3.8, 4) is 0 Å². The predicted octanol–water partition coefficient (Wildman–Crippen LogP) is 1.21. The summed E-state index contributed by atoms with van der Waals surface area (Å²) in [5.74, 6) is 1.70. The van der Waals surface area contributed by atoms with Crippen molar-refractivity contribution in [1.82, 2.24) is 15.2 Å². The quantitative estimate of drug-likeness (QED) is 0.807. The minimum atomic E-state index is 0.585. The van der Waals surface area contributed by atoms with Gasteiger partial charge < -0.3 is 5.73 Å². The van der Waals surface area contributed by atoms with Crippen molar-refractivity contribution >= 4 is 0 Å². The summed E-state index contributed by atoms with van der Waals surface area (Å²) in [5.41, 5.74) is 8.01. The first-order chi connectivity index (χ1) is 7.79. The first kappa shape index (κ1) is 10.8. The molecule has 0 aliphatic carbocycles. The number of aromatic amines is 1. The van der Waals surface area contributed by atoms with Crippen LogP contribution in [0.2, 0.25) is 0 Å². The second kappa shape index (κ2) is 4.90. The summed E-state index contributed by atoms with van der Waals surface area (Å²) in [4.78, 5) is 4.39. The van der Waals surface area contributed by atoms with Crippen LogP contribution in [0.1, 0.15) is 22.8 Å². The third-order valence-corrected chi connectivity index (χ3v) is 2.57. The zero-order valence-electron chi connectivity index (χ0n) is 9.40. The van der Waals surface area contributed by atoms with Crippen LogP contribution in [0.15, 0.2) is 24.3 Å². The summed E-state index contributed by atoms with van der Waals surface area (Å²) in [7, 11) is 0. The van der Waals surface area contributed by atoms with Crippen LogP contribution < -0.4 is 5.73 Å². The third kappa shape index (κ3) is 2.46. The molecule has 16 heavy (non-hydrogen) atoms. The fourth-order valence-corrected chi connectivity index (χ4v) is 1.64. The van der Waals surface area contributed by atoms with Crippen molar-refractivity contribution in [3.63, 3.8) is 0 Å². The lowest BCUT2D eigenvalue weighted by Gasteiger charge is -2.01. The van der Waals surface area contributed by atoms with Crippen LogP contribution in [0.4, 0.5) is 0 Å². The Labute approximate surface area is 94.9 Å². The van der Waals surface area contributed by atoms with E-state index in [9.17, 15) is 0 Å². The molecule has 0 unspecified atom stereocenters. The van der Waals surface area contributed by atoms with Gasteiger partial charge >= 0.3 is 0 Å². The minimum absolute atomic E-state index is 0.585. The molecule has 0 amide bonds. The molecule has 0 radical (unpaired) electrons. The van der Waals surface area contributed by atoms with Crippen LogP contribution in [0.5, 0.6) is 0 Å². The Hall–Kier alpha value is -1.68. The third-order valence-electron chi connectivity index (χ3n) is 2.57. The number of aromatic nitrogens is 3. The largest absolute Gasteiger partial charge is 0.330 e. The molecule has 0 aliphatic heterocycles. The molecule has 0 aliphatic rings. The van der Waals surface area contributed by atoms with Gasteiger partial charge in [-0.25, -0.2) is 4.98 Å². The van der Waals surface area contributed by atoms with E-state index in [0.717, 1.165) is 24.5 Å². The standard InChI is InChI=1S/C12H16N4/c1-9-4-2-3-5-10(9)8-12-14-11(6-7-13)15-16-12/h2-5H,6-8,13H2,1H3,(H,14,15,16). The van der Waals surface area contributed by atoms with Crippen LogP contribution in [-0.4, -0.2) is 21.7 Å². The van der Waals surface area contributed by atoms with E-state index < -0.39 is 0 Å². The molecule has 0 spiro atoms. The molecular weight excluding hydrogens is 200 g/mol. The van der Waals surface area contributed by atoms with Crippen molar-refractivity contribution in [2.24, 2.45) is 5.73 Å². The molecule has 4 heteroatoms. The molecular formula is C12H16N4. The highest BCUT2D eigenvalue weighted by Crippen LogP contribution is 2.10. The van der Waals surface area contributed by atoms with E-state index in [1.165, 1.54) is 11.1 Å². The fraction of sp³-hybridized carbons (Fsp3) is 0.333. The summed E-state index contributed by atoms with van der Waals surface area (Å²) in [5, 5.41) is 7.07.